The van der Waals surface area contributed by atoms with Crippen molar-refractivity contribution in [2.45, 2.75) is 12.8 Å². The van der Waals surface area contributed by atoms with Gasteiger partial charge in [-0.2, -0.15) is 0 Å². The van der Waals surface area contributed by atoms with E-state index in [-0.39, 0.29) is 0 Å². The van der Waals surface area contributed by atoms with Crippen LogP contribution in [0.4, 0.5) is 26.3 Å². The first-order chi connectivity index (χ1) is 6.79. The third-order valence-corrected chi connectivity index (χ3v) is 1.43. The van der Waals surface area contributed by atoms with Gasteiger partial charge in [-0.05, 0) is 12.1 Å². The van der Waals surface area contributed by atoms with Crippen molar-refractivity contribution in [2.75, 3.05) is 0 Å². The molecule has 0 fully saturated rings. The molecule has 0 aliphatic heterocycles. The Morgan fingerprint density at radius 2 is 1.73 bits per heavy atom. The van der Waals surface area contributed by atoms with E-state index in [1.807, 2.05) is 0 Å². The Bertz CT molecular complexity index is 345. The summed E-state index contributed by atoms with van der Waals surface area (Å²) < 4.78 is 75.0. The number of rotatable bonds is 2. The van der Waals surface area contributed by atoms with E-state index in [0.29, 0.717) is 18.2 Å². The lowest BCUT2D eigenvalue weighted by atomic mass is 10.2. The Kier molecular flexibility index (Phi) is 3.11. The molecule has 0 aliphatic rings. The summed E-state index contributed by atoms with van der Waals surface area (Å²) in [4.78, 5) is 0. The molecule has 0 amide bonds. The minimum atomic E-state index is -5.11. The summed E-state index contributed by atoms with van der Waals surface area (Å²) in [5.41, 5.74) is -0.740. The van der Waals surface area contributed by atoms with Crippen molar-refractivity contribution in [3.05, 3.63) is 29.6 Å². The average Bonchev–Trinajstić information content (AvgIpc) is 2.06. The maximum Gasteiger partial charge on any atom is 0.573 e. The highest BCUT2D eigenvalue weighted by Gasteiger charge is 2.32. The lowest BCUT2D eigenvalue weighted by Gasteiger charge is -2.10. The molecule has 1 rings (SSSR count). The minimum Gasteiger partial charge on any atom is -0.403 e. The number of halogens is 6. The van der Waals surface area contributed by atoms with Crippen molar-refractivity contribution in [1.82, 2.24) is 0 Å². The van der Waals surface area contributed by atoms with Gasteiger partial charge in [0.2, 0.25) is 0 Å². The van der Waals surface area contributed by atoms with Crippen LogP contribution in [0.15, 0.2) is 18.2 Å². The zero-order valence-corrected chi connectivity index (χ0v) is 6.99. The smallest absolute Gasteiger partial charge is 0.403 e. The largest absolute Gasteiger partial charge is 0.573 e. The zero-order valence-electron chi connectivity index (χ0n) is 6.99. The Morgan fingerprint density at radius 1 is 1.13 bits per heavy atom. The first-order valence-corrected chi connectivity index (χ1v) is 3.63. The number of ether oxygens (including phenoxy) is 1. The molecule has 0 radical (unpaired) electrons. The number of hydrogen-bond acceptors (Lipinski definition) is 1. The summed E-state index contributed by atoms with van der Waals surface area (Å²) >= 11 is 0. The number of alkyl halides is 5. The molecule has 15 heavy (non-hydrogen) atoms. The number of benzene rings is 1. The first kappa shape index (κ1) is 11.7. The van der Waals surface area contributed by atoms with E-state index < -0.39 is 29.9 Å². The molecule has 0 unspecified atom stereocenters. The second-order valence-corrected chi connectivity index (χ2v) is 2.54. The third kappa shape index (κ3) is 3.34. The van der Waals surface area contributed by atoms with Gasteiger partial charge in [0.05, 0.1) is 0 Å². The van der Waals surface area contributed by atoms with Gasteiger partial charge in [-0.25, -0.2) is 13.2 Å². The summed E-state index contributed by atoms with van der Waals surface area (Å²) in [5.74, 6) is -2.61. The summed E-state index contributed by atoms with van der Waals surface area (Å²) in [6.07, 6.45) is -8.09. The maximum atomic E-state index is 12.7. The van der Waals surface area contributed by atoms with Gasteiger partial charge in [0.1, 0.15) is 0 Å². The fraction of sp³-hybridized carbons (Fsp3) is 0.250. The van der Waals surface area contributed by atoms with E-state index in [0.717, 1.165) is 0 Å². The van der Waals surface area contributed by atoms with Crippen LogP contribution in [0.25, 0.3) is 0 Å². The second-order valence-electron chi connectivity index (χ2n) is 2.54. The Labute approximate surface area is 80.3 Å². The van der Waals surface area contributed by atoms with Crippen LogP contribution in [0.5, 0.6) is 5.75 Å². The molecule has 0 aliphatic carbocycles. The first-order valence-electron chi connectivity index (χ1n) is 3.63. The molecular weight excluding hydrogens is 226 g/mol. The van der Waals surface area contributed by atoms with Crippen molar-refractivity contribution < 1.29 is 31.1 Å². The molecule has 0 saturated heterocycles. The van der Waals surface area contributed by atoms with Crippen LogP contribution in [0.2, 0.25) is 0 Å². The van der Waals surface area contributed by atoms with Crippen LogP contribution in [0.3, 0.4) is 0 Å². The van der Waals surface area contributed by atoms with Crippen molar-refractivity contribution >= 4 is 0 Å². The monoisotopic (exact) mass is 230 g/mol. The SMILES string of the molecule is Fc1ccc(C(F)F)cc1OC(F)(F)F. The van der Waals surface area contributed by atoms with Gasteiger partial charge in [-0.1, -0.05) is 6.07 Å². The van der Waals surface area contributed by atoms with Crippen LogP contribution in [0, 0.1) is 5.82 Å². The van der Waals surface area contributed by atoms with Crippen molar-refractivity contribution in [3.8, 4) is 5.75 Å². The predicted molar refractivity (Wildman–Crippen MR) is 38.0 cm³/mol. The molecule has 0 bridgehead atoms. The Hall–Kier alpha value is -1.40. The summed E-state index contributed by atoms with van der Waals surface area (Å²) in [7, 11) is 0. The van der Waals surface area contributed by atoms with Gasteiger partial charge >= 0.3 is 6.36 Å². The van der Waals surface area contributed by atoms with Crippen molar-refractivity contribution in [3.63, 3.8) is 0 Å². The molecule has 1 aromatic rings. The summed E-state index contributed by atoms with van der Waals surface area (Å²) in [5, 5.41) is 0. The Balaban J connectivity index is 3.01. The molecule has 7 heteroatoms. The van der Waals surface area contributed by atoms with Crippen molar-refractivity contribution in [2.24, 2.45) is 0 Å². The average molecular weight is 230 g/mol. The van der Waals surface area contributed by atoms with Gasteiger partial charge in [0.15, 0.2) is 11.6 Å². The van der Waals surface area contributed by atoms with E-state index >= 15 is 0 Å². The normalized spacial score (nSPS) is 11.9. The molecule has 0 saturated carbocycles. The molecule has 1 nitrogen and oxygen atoms in total. The number of hydrogen-bond donors (Lipinski definition) is 0. The molecule has 84 valence electrons. The second kappa shape index (κ2) is 4.00. The van der Waals surface area contributed by atoms with Gasteiger partial charge in [-0.3, -0.25) is 0 Å². The standard InChI is InChI=1S/C8H4F6O/c9-5-2-1-4(7(10)11)3-6(5)15-8(12,13)14/h1-3,7H. The van der Waals surface area contributed by atoms with E-state index in [4.69, 9.17) is 0 Å². The topological polar surface area (TPSA) is 9.23 Å². The summed E-state index contributed by atoms with van der Waals surface area (Å²) in [6.45, 7) is 0. The highest BCUT2D eigenvalue weighted by atomic mass is 19.4. The third-order valence-electron chi connectivity index (χ3n) is 1.43. The van der Waals surface area contributed by atoms with Gasteiger partial charge in [0, 0.05) is 5.56 Å². The fourth-order valence-corrected chi connectivity index (χ4v) is 0.859. The zero-order chi connectivity index (χ0) is 11.6. The molecule has 0 heterocycles. The van der Waals surface area contributed by atoms with Gasteiger partial charge in [-0.15, -0.1) is 13.2 Å². The van der Waals surface area contributed by atoms with Crippen LogP contribution < -0.4 is 4.74 Å². The highest BCUT2D eigenvalue weighted by molar-refractivity contribution is 5.31. The molecule has 0 N–H and O–H groups in total. The van der Waals surface area contributed by atoms with E-state index in [1.165, 1.54) is 0 Å². The molecule has 1 aromatic carbocycles. The van der Waals surface area contributed by atoms with Crippen LogP contribution >= 0.6 is 0 Å². The molecule has 0 aromatic heterocycles. The van der Waals surface area contributed by atoms with Crippen LogP contribution in [-0.2, 0) is 0 Å². The quantitative estimate of drug-likeness (QED) is 0.704. The van der Waals surface area contributed by atoms with Crippen LogP contribution in [-0.4, -0.2) is 6.36 Å². The van der Waals surface area contributed by atoms with Gasteiger partial charge < -0.3 is 4.74 Å². The highest BCUT2D eigenvalue weighted by Crippen LogP contribution is 2.29. The molecular formula is C8H4F6O. The van der Waals surface area contributed by atoms with E-state index in [1.54, 1.807) is 0 Å². The van der Waals surface area contributed by atoms with E-state index in [2.05, 4.69) is 4.74 Å². The minimum absolute atomic E-state index is 0.313. The Morgan fingerprint density at radius 3 is 2.20 bits per heavy atom. The van der Waals surface area contributed by atoms with Crippen molar-refractivity contribution in [1.29, 1.82) is 0 Å². The van der Waals surface area contributed by atoms with Crippen LogP contribution in [0.1, 0.15) is 12.0 Å². The lowest BCUT2D eigenvalue weighted by Crippen LogP contribution is -2.18. The fourth-order valence-electron chi connectivity index (χ4n) is 0.859. The molecule has 0 spiro atoms. The van der Waals surface area contributed by atoms with E-state index in [9.17, 15) is 26.3 Å². The van der Waals surface area contributed by atoms with Gasteiger partial charge in [0.25, 0.3) is 6.43 Å². The molecule has 0 atom stereocenters. The lowest BCUT2D eigenvalue weighted by molar-refractivity contribution is -0.275. The maximum absolute atomic E-state index is 12.7. The predicted octanol–water partition coefficient (Wildman–Crippen LogP) is 3.66. The summed E-state index contributed by atoms with van der Waals surface area (Å²) in [6, 6.07) is 1.49.